The van der Waals surface area contributed by atoms with Crippen molar-refractivity contribution in [1.82, 2.24) is 5.32 Å². The molecular formula is C15H19NO5. The molecule has 1 rings (SSSR count). The number of amides is 1. The van der Waals surface area contributed by atoms with Crippen molar-refractivity contribution < 1.29 is 24.2 Å². The topological polar surface area (TPSA) is 92.7 Å². The molecule has 0 saturated heterocycles. The number of carboxylic acid groups (broad SMARTS) is 1. The van der Waals surface area contributed by atoms with Crippen molar-refractivity contribution in [2.24, 2.45) is 0 Å². The molecule has 6 heteroatoms. The van der Waals surface area contributed by atoms with Crippen LogP contribution in [-0.2, 0) is 20.7 Å². The first-order valence-corrected chi connectivity index (χ1v) is 6.78. The van der Waals surface area contributed by atoms with Crippen LogP contribution in [0.1, 0.15) is 35.7 Å². The lowest BCUT2D eigenvalue weighted by Crippen LogP contribution is -2.27. The van der Waals surface area contributed by atoms with E-state index in [1.54, 1.807) is 25.1 Å². The summed E-state index contributed by atoms with van der Waals surface area (Å²) in [7, 11) is 0. The summed E-state index contributed by atoms with van der Waals surface area (Å²) in [6, 6.07) is 6.38. The number of nitrogens with one attached hydrogen (secondary N) is 1. The summed E-state index contributed by atoms with van der Waals surface area (Å²) in [5, 5.41) is 11.7. The van der Waals surface area contributed by atoms with Crippen LogP contribution in [0.15, 0.2) is 24.3 Å². The van der Waals surface area contributed by atoms with Crippen molar-refractivity contribution in [2.45, 2.75) is 26.2 Å². The summed E-state index contributed by atoms with van der Waals surface area (Å²) in [5.74, 6) is -1.61. The minimum atomic E-state index is -1.05. The second kappa shape index (κ2) is 8.73. The van der Waals surface area contributed by atoms with Gasteiger partial charge in [0, 0.05) is 13.0 Å². The summed E-state index contributed by atoms with van der Waals surface area (Å²) in [6.07, 6.45) is 0.743. The molecule has 21 heavy (non-hydrogen) atoms. The summed E-state index contributed by atoms with van der Waals surface area (Å²) in [5.41, 5.74) is 0.590. The molecule has 1 aromatic rings. The number of ether oxygens (including phenoxy) is 1. The Hall–Kier alpha value is -2.37. The highest BCUT2D eigenvalue weighted by Gasteiger charge is 2.12. The van der Waals surface area contributed by atoms with Crippen LogP contribution in [0.2, 0.25) is 0 Å². The van der Waals surface area contributed by atoms with Gasteiger partial charge in [0.2, 0.25) is 5.91 Å². The highest BCUT2D eigenvalue weighted by atomic mass is 16.5. The monoisotopic (exact) mass is 293 g/mol. The van der Waals surface area contributed by atoms with E-state index in [4.69, 9.17) is 9.84 Å². The molecule has 0 bridgehead atoms. The molecule has 0 saturated carbocycles. The van der Waals surface area contributed by atoms with E-state index in [1.807, 2.05) is 0 Å². The number of benzene rings is 1. The quantitative estimate of drug-likeness (QED) is 0.558. The standard InChI is InChI=1S/C15H19NO5/c1-2-21-14(18)8-5-9-16-13(17)10-11-6-3-4-7-12(11)15(19)20/h3-4,6-7H,2,5,8-10H2,1H3,(H,16,17)(H,19,20). The molecule has 0 atom stereocenters. The summed E-state index contributed by atoms with van der Waals surface area (Å²) in [4.78, 5) is 33.9. The van der Waals surface area contributed by atoms with Crippen molar-refractivity contribution in [3.05, 3.63) is 35.4 Å². The van der Waals surface area contributed by atoms with Gasteiger partial charge in [-0.1, -0.05) is 18.2 Å². The minimum absolute atomic E-state index is 0.00186. The molecule has 1 aromatic carbocycles. The third-order valence-electron chi connectivity index (χ3n) is 2.78. The van der Waals surface area contributed by atoms with Gasteiger partial charge in [-0.3, -0.25) is 9.59 Å². The molecule has 0 fully saturated rings. The SMILES string of the molecule is CCOC(=O)CCCNC(=O)Cc1ccccc1C(=O)O. The largest absolute Gasteiger partial charge is 0.478 e. The van der Waals surface area contributed by atoms with Crippen molar-refractivity contribution in [3.8, 4) is 0 Å². The second-order valence-corrected chi connectivity index (χ2v) is 4.40. The maximum Gasteiger partial charge on any atom is 0.335 e. The van der Waals surface area contributed by atoms with Crippen LogP contribution in [0.25, 0.3) is 0 Å². The Balaban J connectivity index is 2.38. The van der Waals surface area contributed by atoms with E-state index in [2.05, 4.69) is 5.32 Å². The van der Waals surface area contributed by atoms with Gasteiger partial charge in [0.25, 0.3) is 0 Å². The van der Waals surface area contributed by atoms with Crippen LogP contribution < -0.4 is 5.32 Å². The van der Waals surface area contributed by atoms with E-state index >= 15 is 0 Å². The smallest absolute Gasteiger partial charge is 0.335 e. The van der Waals surface area contributed by atoms with Gasteiger partial charge >= 0.3 is 11.9 Å². The van der Waals surface area contributed by atoms with Crippen molar-refractivity contribution >= 4 is 17.8 Å². The number of carboxylic acids is 1. The fourth-order valence-corrected chi connectivity index (χ4v) is 1.81. The third-order valence-corrected chi connectivity index (χ3v) is 2.78. The molecular weight excluding hydrogens is 274 g/mol. The maximum atomic E-state index is 11.7. The first kappa shape index (κ1) is 16.7. The van der Waals surface area contributed by atoms with E-state index in [0.717, 1.165) is 0 Å². The van der Waals surface area contributed by atoms with Gasteiger partial charge in [-0.25, -0.2) is 4.79 Å². The van der Waals surface area contributed by atoms with E-state index in [-0.39, 0.29) is 30.3 Å². The van der Waals surface area contributed by atoms with E-state index in [9.17, 15) is 14.4 Å². The molecule has 114 valence electrons. The molecule has 0 aromatic heterocycles. The van der Waals surface area contributed by atoms with Gasteiger partial charge < -0.3 is 15.2 Å². The van der Waals surface area contributed by atoms with Crippen molar-refractivity contribution in [3.63, 3.8) is 0 Å². The number of carbonyl (C=O) groups is 3. The Kier molecular flexibility index (Phi) is 6.94. The zero-order valence-electron chi connectivity index (χ0n) is 11.9. The van der Waals surface area contributed by atoms with Gasteiger partial charge in [-0.2, -0.15) is 0 Å². The van der Waals surface area contributed by atoms with Gasteiger partial charge in [0.1, 0.15) is 0 Å². The Morgan fingerprint density at radius 2 is 1.95 bits per heavy atom. The Labute approximate surface area is 123 Å². The fourth-order valence-electron chi connectivity index (χ4n) is 1.81. The predicted octanol–water partition coefficient (Wildman–Crippen LogP) is 1.39. The molecule has 2 N–H and O–H groups in total. The summed E-state index contributed by atoms with van der Waals surface area (Å²) < 4.78 is 4.77. The Bertz CT molecular complexity index is 513. The summed E-state index contributed by atoms with van der Waals surface area (Å²) in [6.45, 7) is 2.43. The average molecular weight is 293 g/mol. The molecule has 0 aliphatic carbocycles. The molecule has 0 radical (unpaired) electrons. The van der Waals surface area contributed by atoms with Crippen molar-refractivity contribution in [2.75, 3.05) is 13.2 Å². The number of hydrogen-bond donors (Lipinski definition) is 2. The summed E-state index contributed by atoms with van der Waals surface area (Å²) >= 11 is 0. The van der Waals surface area contributed by atoms with Crippen LogP contribution in [0, 0.1) is 0 Å². The van der Waals surface area contributed by atoms with Gasteiger partial charge in [-0.15, -0.1) is 0 Å². The first-order chi connectivity index (χ1) is 10.0. The number of carbonyl (C=O) groups excluding carboxylic acids is 2. The lowest BCUT2D eigenvalue weighted by atomic mass is 10.0. The average Bonchev–Trinajstić information content (AvgIpc) is 2.44. The fraction of sp³-hybridized carbons (Fsp3) is 0.400. The van der Waals surface area contributed by atoms with Crippen LogP contribution in [0.4, 0.5) is 0 Å². The molecule has 0 heterocycles. The van der Waals surface area contributed by atoms with Crippen LogP contribution in [0.5, 0.6) is 0 Å². The molecule has 0 unspecified atom stereocenters. The number of rotatable bonds is 8. The highest BCUT2D eigenvalue weighted by Crippen LogP contribution is 2.09. The van der Waals surface area contributed by atoms with Gasteiger partial charge in [0.15, 0.2) is 0 Å². The first-order valence-electron chi connectivity index (χ1n) is 6.78. The number of esters is 1. The van der Waals surface area contributed by atoms with E-state index < -0.39 is 5.97 Å². The molecule has 0 aliphatic rings. The second-order valence-electron chi connectivity index (χ2n) is 4.40. The van der Waals surface area contributed by atoms with E-state index in [1.165, 1.54) is 6.07 Å². The van der Waals surface area contributed by atoms with Crippen molar-refractivity contribution in [1.29, 1.82) is 0 Å². The highest BCUT2D eigenvalue weighted by molar-refractivity contribution is 5.91. The Morgan fingerprint density at radius 1 is 1.24 bits per heavy atom. The van der Waals surface area contributed by atoms with Gasteiger partial charge in [0.05, 0.1) is 18.6 Å². The molecule has 6 nitrogen and oxygen atoms in total. The van der Waals surface area contributed by atoms with Crippen LogP contribution in [-0.4, -0.2) is 36.1 Å². The molecule has 0 spiro atoms. The zero-order valence-corrected chi connectivity index (χ0v) is 11.9. The lowest BCUT2D eigenvalue weighted by Gasteiger charge is -2.07. The minimum Gasteiger partial charge on any atom is -0.478 e. The predicted molar refractivity (Wildman–Crippen MR) is 76.0 cm³/mol. The normalized spacial score (nSPS) is 9.95. The Morgan fingerprint density at radius 3 is 2.62 bits per heavy atom. The van der Waals surface area contributed by atoms with Gasteiger partial charge in [-0.05, 0) is 25.0 Å². The third kappa shape index (κ3) is 6.07. The lowest BCUT2D eigenvalue weighted by molar-refractivity contribution is -0.143. The zero-order chi connectivity index (χ0) is 15.7. The maximum absolute atomic E-state index is 11.7. The van der Waals surface area contributed by atoms with E-state index in [0.29, 0.717) is 25.1 Å². The number of hydrogen-bond acceptors (Lipinski definition) is 4. The molecule has 0 aliphatic heterocycles. The molecule has 1 amide bonds. The van der Waals surface area contributed by atoms with Crippen LogP contribution >= 0.6 is 0 Å². The van der Waals surface area contributed by atoms with Crippen LogP contribution in [0.3, 0.4) is 0 Å². The number of aromatic carboxylic acids is 1.